The number of rotatable bonds is 7. The lowest BCUT2D eigenvalue weighted by Crippen LogP contribution is -3.05. The quantitative estimate of drug-likeness (QED) is 0.539. The Hall–Kier alpha value is -1.38. The van der Waals surface area contributed by atoms with Crippen LogP contribution in [0.1, 0.15) is 29.7 Å². The van der Waals surface area contributed by atoms with Gasteiger partial charge < -0.3 is 10.6 Å². The number of aromatic nitrogens is 2. The van der Waals surface area contributed by atoms with Crippen LogP contribution in [-0.4, -0.2) is 41.9 Å². The van der Waals surface area contributed by atoms with Crippen molar-refractivity contribution in [3.8, 4) is 0 Å². The fourth-order valence-electron chi connectivity index (χ4n) is 3.25. The number of primary amides is 1. The SMILES string of the molecule is C[NH+](C)CCCn1c(SCC(N)=O)nc2sc3c(c2c1=O)CCCC3. The van der Waals surface area contributed by atoms with Crippen LogP contribution in [-0.2, 0) is 24.2 Å². The first-order chi connectivity index (χ1) is 12.0. The van der Waals surface area contributed by atoms with E-state index in [0.717, 1.165) is 42.4 Å². The summed E-state index contributed by atoms with van der Waals surface area (Å²) in [7, 11) is 4.20. The van der Waals surface area contributed by atoms with Crippen LogP contribution in [0.2, 0.25) is 0 Å². The Bertz CT molecular complexity index is 841. The number of nitrogens with two attached hydrogens (primary N) is 1. The third-order valence-corrected chi connectivity index (χ3v) is 6.63. The molecule has 2 aromatic heterocycles. The lowest BCUT2D eigenvalue weighted by Gasteiger charge is -2.14. The lowest BCUT2D eigenvalue weighted by molar-refractivity contribution is -0.858. The highest BCUT2D eigenvalue weighted by atomic mass is 32.2. The smallest absolute Gasteiger partial charge is 0.263 e. The molecular formula is C17H25N4O2S2+. The zero-order chi connectivity index (χ0) is 18.0. The summed E-state index contributed by atoms with van der Waals surface area (Å²) in [5.41, 5.74) is 6.54. The maximum Gasteiger partial charge on any atom is 0.263 e. The van der Waals surface area contributed by atoms with Crippen LogP contribution >= 0.6 is 23.1 Å². The van der Waals surface area contributed by atoms with E-state index in [0.29, 0.717) is 11.7 Å². The zero-order valence-corrected chi connectivity index (χ0v) is 16.4. The average molecular weight is 382 g/mol. The van der Waals surface area contributed by atoms with Gasteiger partial charge in [-0.15, -0.1) is 11.3 Å². The van der Waals surface area contributed by atoms with Crippen molar-refractivity contribution in [1.29, 1.82) is 0 Å². The Labute approximate surface area is 155 Å². The molecule has 1 aliphatic rings. The molecule has 1 aliphatic carbocycles. The molecule has 3 rings (SSSR count). The van der Waals surface area contributed by atoms with Gasteiger partial charge in [0.05, 0.1) is 31.8 Å². The number of hydrogen-bond acceptors (Lipinski definition) is 5. The zero-order valence-electron chi connectivity index (χ0n) is 14.8. The van der Waals surface area contributed by atoms with E-state index < -0.39 is 5.91 Å². The Morgan fingerprint density at radius 3 is 2.84 bits per heavy atom. The van der Waals surface area contributed by atoms with Crippen LogP contribution < -0.4 is 16.2 Å². The minimum absolute atomic E-state index is 0.0464. The molecule has 0 unspecified atom stereocenters. The Kier molecular flexibility index (Phi) is 5.81. The Morgan fingerprint density at radius 1 is 1.36 bits per heavy atom. The van der Waals surface area contributed by atoms with Gasteiger partial charge in [0.15, 0.2) is 5.16 Å². The van der Waals surface area contributed by atoms with Crippen molar-refractivity contribution < 1.29 is 9.69 Å². The highest BCUT2D eigenvalue weighted by Gasteiger charge is 2.22. The second-order valence-corrected chi connectivity index (χ2v) is 8.83. The summed E-state index contributed by atoms with van der Waals surface area (Å²) in [6.45, 7) is 1.60. The predicted molar refractivity (Wildman–Crippen MR) is 103 cm³/mol. The molecule has 0 saturated heterocycles. The second-order valence-electron chi connectivity index (χ2n) is 6.81. The van der Waals surface area contributed by atoms with Crippen molar-refractivity contribution >= 4 is 39.2 Å². The number of hydrogen-bond donors (Lipinski definition) is 2. The van der Waals surface area contributed by atoms with Crippen LogP contribution in [0.15, 0.2) is 9.95 Å². The van der Waals surface area contributed by atoms with Gasteiger partial charge in [-0.25, -0.2) is 4.98 Å². The van der Waals surface area contributed by atoms with Crippen molar-refractivity contribution in [3.63, 3.8) is 0 Å². The number of aryl methyl sites for hydroxylation is 2. The molecule has 3 N–H and O–H groups in total. The number of thiophene rings is 1. The van der Waals surface area contributed by atoms with Crippen molar-refractivity contribution in [2.75, 3.05) is 26.4 Å². The summed E-state index contributed by atoms with van der Waals surface area (Å²) in [5.74, 6) is -0.254. The Morgan fingerprint density at radius 2 is 2.12 bits per heavy atom. The number of amides is 1. The number of fused-ring (bicyclic) bond motifs is 3. The number of thioether (sulfide) groups is 1. The van der Waals surface area contributed by atoms with Gasteiger partial charge in [-0.2, -0.15) is 0 Å². The molecule has 0 aliphatic heterocycles. The molecule has 0 fully saturated rings. The third kappa shape index (κ3) is 4.07. The summed E-state index contributed by atoms with van der Waals surface area (Å²) in [6.07, 6.45) is 5.24. The van der Waals surface area contributed by atoms with Gasteiger partial charge >= 0.3 is 0 Å². The van der Waals surface area contributed by atoms with Crippen LogP contribution in [0, 0.1) is 0 Å². The van der Waals surface area contributed by atoms with E-state index >= 15 is 0 Å². The van der Waals surface area contributed by atoms with Crippen molar-refractivity contribution in [2.24, 2.45) is 5.73 Å². The normalized spacial score (nSPS) is 14.2. The van der Waals surface area contributed by atoms with Gasteiger partial charge in [0.25, 0.3) is 5.56 Å². The molecule has 0 bridgehead atoms. The van der Waals surface area contributed by atoms with Gasteiger partial charge in [-0.1, -0.05) is 11.8 Å². The van der Waals surface area contributed by atoms with E-state index in [1.165, 1.54) is 33.5 Å². The van der Waals surface area contributed by atoms with E-state index in [1.807, 2.05) is 0 Å². The summed E-state index contributed by atoms with van der Waals surface area (Å²) < 4.78 is 1.75. The summed E-state index contributed by atoms with van der Waals surface area (Å²) in [6, 6.07) is 0. The largest absolute Gasteiger partial charge is 0.369 e. The molecule has 25 heavy (non-hydrogen) atoms. The number of quaternary nitrogens is 1. The molecule has 0 aromatic carbocycles. The highest BCUT2D eigenvalue weighted by Crippen LogP contribution is 2.34. The molecular weight excluding hydrogens is 356 g/mol. The van der Waals surface area contributed by atoms with E-state index in [4.69, 9.17) is 10.7 Å². The van der Waals surface area contributed by atoms with E-state index in [-0.39, 0.29) is 11.3 Å². The van der Waals surface area contributed by atoms with E-state index in [1.54, 1.807) is 15.9 Å². The third-order valence-electron chi connectivity index (χ3n) is 4.44. The molecule has 1 amide bonds. The molecule has 2 aromatic rings. The molecule has 6 nitrogen and oxygen atoms in total. The van der Waals surface area contributed by atoms with Crippen LogP contribution in [0.3, 0.4) is 0 Å². The molecule has 0 radical (unpaired) electrons. The molecule has 0 saturated carbocycles. The van der Waals surface area contributed by atoms with Gasteiger partial charge in [-0.3, -0.25) is 14.2 Å². The fourth-order valence-corrected chi connectivity index (χ4v) is 5.32. The van der Waals surface area contributed by atoms with Gasteiger partial charge in [0, 0.05) is 17.8 Å². The fraction of sp³-hybridized carbons (Fsp3) is 0.588. The van der Waals surface area contributed by atoms with Crippen molar-refractivity contribution in [1.82, 2.24) is 9.55 Å². The second kappa shape index (κ2) is 7.88. The molecule has 0 atom stereocenters. The average Bonchev–Trinajstić information content (AvgIpc) is 2.93. The maximum absolute atomic E-state index is 13.2. The molecule has 0 spiro atoms. The predicted octanol–water partition coefficient (Wildman–Crippen LogP) is 0.449. The first kappa shape index (κ1) is 18.4. The topological polar surface area (TPSA) is 82.4 Å². The molecule has 2 heterocycles. The van der Waals surface area contributed by atoms with Crippen molar-refractivity contribution in [2.45, 2.75) is 43.8 Å². The van der Waals surface area contributed by atoms with Gasteiger partial charge in [0.2, 0.25) is 5.91 Å². The van der Waals surface area contributed by atoms with Gasteiger partial charge in [-0.05, 0) is 31.2 Å². The van der Waals surface area contributed by atoms with Gasteiger partial charge in [0.1, 0.15) is 4.83 Å². The molecule has 8 heteroatoms. The van der Waals surface area contributed by atoms with Crippen LogP contribution in [0.5, 0.6) is 0 Å². The standard InChI is InChI=1S/C17H24N4O2S2/c1-20(2)8-5-9-21-16(23)14-11-6-3-4-7-12(11)25-15(14)19-17(21)24-10-13(18)22/h3-10H2,1-2H3,(H2,18,22)/p+1. The van der Waals surface area contributed by atoms with Crippen LogP contribution in [0.25, 0.3) is 10.2 Å². The van der Waals surface area contributed by atoms with Crippen LogP contribution in [0.4, 0.5) is 0 Å². The Balaban J connectivity index is 2.04. The summed E-state index contributed by atoms with van der Waals surface area (Å²) in [4.78, 5) is 32.6. The number of carbonyl (C=O) groups excluding carboxylic acids is 1. The number of nitrogens with zero attached hydrogens (tertiary/aromatic N) is 2. The monoisotopic (exact) mass is 381 g/mol. The first-order valence-corrected chi connectivity index (χ1v) is 10.5. The summed E-state index contributed by atoms with van der Waals surface area (Å²) >= 11 is 2.91. The maximum atomic E-state index is 13.2. The van der Waals surface area contributed by atoms with Crippen molar-refractivity contribution in [3.05, 3.63) is 20.8 Å². The number of carbonyl (C=O) groups is 1. The van der Waals surface area contributed by atoms with E-state index in [9.17, 15) is 9.59 Å². The molecule has 136 valence electrons. The van der Waals surface area contributed by atoms with E-state index in [2.05, 4.69) is 14.1 Å². The number of nitrogens with one attached hydrogen (secondary N) is 1. The highest BCUT2D eigenvalue weighted by molar-refractivity contribution is 7.99. The minimum Gasteiger partial charge on any atom is -0.369 e. The lowest BCUT2D eigenvalue weighted by atomic mass is 9.97. The summed E-state index contributed by atoms with van der Waals surface area (Å²) in [5, 5.41) is 1.42. The first-order valence-electron chi connectivity index (χ1n) is 8.72. The minimum atomic E-state index is -0.394.